The Morgan fingerprint density at radius 2 is 1.20 bits per heavy atom. The van der Waals surface area contributed by atoms with Gasteiger partial charge in [0.15, 0.2) is 0 Å². The largest absolute Gasteiger partial charge is 0.342 e. The van der Waals surface area contributed by atoms with E-state index in [1.807, 2.05) is 74.5 Å². The second kappa shape index (κ2) is 17.5. The van der Waals surface area contributed by atoms with E-state index in [0.29, 0.717) is 64.6 Å². The molecule has 290 valence electrons. The number of fused-ring (bicyclic) bond motifs is 3. The van der Waals surface area contributed by atoms with Crippen molar-refractivity contribution in [3.63, 3.8) is 0 Å². The normalized spacial score (nSPS) is 28.4. The fraction of sp³-hybridized carbons (Fsp3) is 0.550. The molecule has 0 aromatic heterocycles. The molecule has 0 radical (unpaired) electrons. The van der Waals surface area contributed by atoms with Crippen LogP contribution in [-0.2, 0) is 41.6 Å². The number of amides is 6. The van der Waals surface area contributed by atoms with Crippen molar-refractivity contribution in [2.75, 3.05) is 26.7 Å². The van der Waals surface area contributed by atoms with E-state index in [9.17, 15) is 28.8 Å². The van der Waals surface area contributed by atoms with Gasteiger partial charge in [-0.3, -0.25) is 38.8 Å². The molecule has 4 heterocycles. The quantitative estimate of drug-likeness (QED) is 0.345. The fourth-order valence-electron chi connectivity index (χ4n) is 8.08. The van der Waals surface area contributed by atoms with Crippen LogP contribution in [0.15, 0.2) is 60.7 Å². The van der Waals surface area contributed by atoms with Crippen LogP contribution in [0.5, 0.6) is 0 Å². The predicted octanol–water partition coefficient (Wildman–Crippen LogP) is 1.31. The van der Waals surface area contributed by atoms with E-state index in [-0.39, 0.29) is 24.7 Å². The van der Waals surface area contributed by atoms with Gasteiger partial charge >= 0.3 is 0 Å². The number of carbonyl (C=O) groups excluding carboxylic acids is 6. The van der Waals surface area contributed by atoms with Crippen LogP contribution in [-0.4, -0.2) is 118 Å². The summed E-state index contributed by atoms with van der Waals surface area (Å²) in [4.78, 5) is 89.8. The highest BCUT2D eigenvalue weighted by Gasteiger charge is 2.46. The zero-order chi connectivity index (χ0) is 38.4. The molecule has 7 atom stereocenters. The zero-order valence-electron chi connectivity index (χ0n) is 31.5. The summed E-state index contributed by atoms with van der Waals surface area (Å²) in [5, 5.41) is 8.60. The summed E-state index contributed by atoms with van der Waals surface area (Å²) in [6.07, 6.45) is 3.82. The number of carbonyl (C=O) groups is 6. The van der Waals surface area contributed by atoms with E-state index < -0.39 is 65.8 Å². The lowest BCUT2D eigenvalue weighted by Gasteiger charge is -2.44. The molecule has 4 saturated heterocycles. The molecule has 0 spiro atoms. The van der Waals surface area contributed by atoms with Gasteiger partial charge in [0, 0.05) is 39.5 Å². The average molecular weight is 743 g/mol. The molecular weight excluding hydrogens is 688 g/mol. The molecule has 2 aromatic carbocycles. The summed E-state index contributed by atoms with van der Waals surface area (Å²) in [5.74, 6) is -2.99. The Balaban J connectivity index is 1.42. The van der Waals surface area contributed by atoms with Crippen molar-refractivity contribution < 1.29 is 28.8 Å². The van der Waals surface area contributed by atoms with Gasteiger partial charge in [0.1, 0.15) is 36.3 Å². The molecule has 2 aromatic rings. The van der Waals surface area contributed by atoms with Crippen molar-refractivity contribution in [1.29, 1.82) is 0 Å². The van der Waals surface area contributed by atoms with Crippen LogP contribution in [0.2, 0.25) is 0 Å². The molecule has 4 N–H and O–H groups in total. The highest BCUT2D eigenvalue weighted by atomic mass is 16.2. The zero-order valence-corrected chi connectivity index (χ0v) is 31.5. The Labute approximate surface area is 317 Å². The third-order valence-corrected chi connectivity index (χ3v) is 11.4. The first-order chi connectivity index (χ1) is 26.1. The summed E-state index contributed by atoms with van der Waals surface area (Å²) in [5.41, 5.74) is 7.91. The van der Waals surface area contributed by atoms with Gasteiger partial charge in [-0.2, -0.15) is 0 Å². The first-order valence-corrected chi connectivity index (χ1v) is 19.5. The monoisotopic (exact) mass is 742 g/mol. The van der Waals surface area contributed by atoms with Crippen molar-refractivity contribution in [3.8, 4) is 0 Å². The lowest BCUT2D eigenvalue weighted by Crippen LogP contribution is -2.69. The van der Waals surface area contributed by atoms with Gasteiger partial charge in [0.2, 0.25) is 23.6 Å². The number of rotatable bonds is 6. The second-order valence-electron chi connectivity index (χ2n) is 15.0. The molecule has 14 heteroatoms. The van der Waals surface area contributed by atoms with Crippen molar-refractivity contribution in [2.24, 2.45) is 5.92 Å². The van der Waals surface area contributed by atoms with Gasteiger partial charge < -0.3 is 20.4 Å². The number of benzene rings is 2. The van der Waals surface area contributed by atoms with Gasteiger partial charge in [-0.05, 0) is 55.6 Å². The lowest BCUT2D eigenvalue weighted by atomic mass is 9.95. The van der Waals surface area contributed by atoms with Crippen LogP contribution in [0.25, 0.3) is 0 Å². The fourth-order valence-corrected chi connectivity index (χ4v) is 8.08. The number of nitrogens with one attached hydrogen (secondary N) is 4. The number of likely N-dealkylation sites (N-methyl/N-ethyl adjacent to an activating group) is 1. The maximum Gasteiger partial charge on any atom is 0.261 e. The molecule has 4 aliphatic heterocycles. The summed E-state index contributed by atoms with van der Waals surface area (Å²) >= 11 is 0. The second-order valence-corrected chi connectivity index (χ2v) is 15.0. The van der Waals surface area contributed by atoms with Crippen molar-refractivity contribution in [2.45, 2.75) is 108 Å². The Kier molecular flexibility index (Phi) is 12.6. The molecular formula is C40H54N8O6. The molecule has 14 nitrogen and oxygen atoms in total. The van der Waals surface area contributed by atoms with E-state index in [0.717, 1.165) is 11.1 Å². The van der Waals surface area contributed by atoms with E-state index in [4.69, 9.17) is 0 Å². The van der Waals surface area contributed by atoms with Crippen molar-refractivity contribution in [3.05, 3.63) is 71.8 Å². The maximum absolute atomic E-state index is 14.7. The summed E-state index contributed by atoms with van der Waals surface area (Å²) in [6, 6.07) is 12.9. The van der Waals surface area contributed by atoms with Gasteiger partial charge in [0.05, 0.1) is 0 Å². The highest BCUT2D eigenvalue weighted by Crippen LogP contribution is 2.26. The Morgan fingerprint density at radius 3 is 1.81 bits per heavy atom. The van der Waals surface area contributed by atoms with E-state index >= 15 is 0 Å². The van der Waals surface area contributed by atoms with Crippen molar-refractivity contribution >= 4 is 35.4 Å². The third kappa shape index (κ3) is 8.44. The van der Waals surface area contributed by atoms with Gasteiger partial charge in [-0.25, -0.2) is 10.9 Å². The Hall–Kier alpha value is -4.82. The smallest absolute Gasteiger partial charge is 0.261 e. The molecule has 4 fully saturated rings. The minimum Gasteiger partial charge on any atom is -0.342 e. The van der Waals surface area contributed by atoms with Crippen LogP contribution in [0.4, 0.5) is 0 Å². The summed E-state index contributed by atoms with van der Waals surface area (Å²) in [7, 11) is 1.59. The van der Waals surface area contributed by atoms with Crippen LogP contribution in [0.3, 0.4) is 0 Å². The number of hydrogen-bond acceptors (Lipinski definition) is 8. The first-order valence-electron chi connectivity index (χ1n) is 19.5. The molecule has 54 heavy (non-hydrogen) atoms. The minimum absolute atomic E-state index is 0.152. The molecule has 0 aliphatic carbocycles. The first kappa shape index (κ1) is 38.9. The highest BCUT2D eigenvalue weighted by molar-refractivity contribution is 5.98. The summed E-state index contributed by atoms with van der Waals surface area (Å²) < 4.78 is 0. The average Bonchev–Trinajstić information content (AvgIpc) is 3.71. The van der Waals surface area contributed by atoms with Gasteiger partial charge in [-0.1, -0.05) is 80.9 Å². The Bertz CT molecular complexity index is 1680. The predicted molar refractivity (Wildman–Crippen MR) is 201 cm³/mol. The summed E-state index contributed by atoms with van der Waals surface area (Å²) in [6.45, 7) is 5.00. The standard InChI is InChI=1S/C40H54N8O6/c1-4-26(2)34-40(54)48-32(19-12-22-42-48)39(53)47-31(18-11-21-41-47)37(51)45(3)33(25-28-16-9-6-10-17-28)38(52)46-23-13-20-30(46)36(50)43-29(35(49)44-34)24-27-14-7-5-8-15-27/h5-10,14-17,26,29-34,41-42H,4,11-13,18-25H2,1-3H3,(H,43,50)(H,44,49)/t26-,29+,30-,31-,32+,33+,34-/m0/s1. The molecule has 0 saturated carbocycles. The van der Waals surface area contributed by atoms with Crippen LogP contribution in [0.1, 0.15) is 69.9 Å². The number of hydrogen-bond donors (Lipinski definition) is 4. The molecule has 4 aliphatic rings. The number of nitrogens with zero attached hydrogens (tertiary/aromatic N) is 4. The van der Waals surface area contributed by atoms with Gasteiger partial charge in [0.25, 0.3) is 11.8 Å². The van der Waals surface area contributed by atoms with E-state index in [2.05, 4.69) is 21.5 Å². The van der Waals surface area contributed by atoms with E-state index in [1.54, 1.807) is 7.05 Å². The molecule has 6 rings (SSSR count). The lowest BCUT2D eigenvalue weighted by molar-refractivity contribution is -0.163. The third-order valence-electron chi connectivity index (χ3n) is 11.4. The number of hydrazine groups is 2. The molecule has 0 bridgehead atoms. The maximum atomic E-state index is 14.7. The Morgan fingerprint density at radius 1 is 0.648 bits per heavy atom. The van der Waals surface area contributed by atoms with Crippen LogP contribution in [0, 0.1) is 5.92 Å². The minimum atomic E-state index is -1.06. The SMILES string of the molecule is CC[C@H](C)[C@@H]1NC(=O)[C@@H](Cc2ccccc2)NC(=O)[C@@H]2CCCN2C(=O)[C@@H](Cc2ccccc2)N(C)C(=O)[C@@H]2CCCNN2C(=O)[C@H]2CCCNN2C1=O. The topological polar surface area (TPSA) is 164 Å². The van der Waals surface area contributed by atoms with Crippen LogP contribution < -0.4 is 21.5 Å². The van der Waals surface area contributed by atoms with E-state index in [1.165, 1.54) is 19.8 Å². The molecule has 6 amide bonds. The molecule has 0 unspecified atom stereocenters. The van der Waals surface area contributed by atoms with Gasteiger partial charge in [-0.15, -0.1) is 0 Å². The van der Waals surface area contributed by atoms with Crippen molar-refractivity contribution in [1.82, 2.24) is 41.3 Å². The van der Waals surface area contributed by atoms with Crippen LogP contribution >= 0.6 is 0 Å².